The Morgan fingerprint density at radius 1 is 0.964 bits per heavy atom. The molecule has 2 heterocycles. The molecule has 5 rings (SSSR count). The van der Waals surface area contributed by atoms with Crippen molar-refractivity contribution in [3.8, 4) is 5.75 Å². The molecule has 3 aromatic carbocycles. The molecule has 13 heteroatoms. The van der Waals surface area contributed by atoms with Gasteiger partial charge in [-0.15, -0.1) is 11.8 Å². The zero-order chi connectivity index (χ0) is 40.5. The van der Waals surface area contributed by atoms with Crippen molar-refractivity contribution in [2.75, 3.05) is 49.7 Å². The molecule has 0 saturated carbocycles. The number of fused-ring (bicyclic) bond motifs is 1. The zero-order valence-corrected chi connectivity index (χ0v) is 35.3. The first kappa shape index (κ1) is 42.9. The SMILES string of the molecule is CCCCC1(CC)CN(c2ccccc2)c2cc(SC)c(OCC(=O)NCc3ccccc3C(=O)NCC3CCN(C(=O)OC(C)(C)C)CC3)cc2S(=O)(=O)C1. The number of sulfone groups is 1. The van der Waals surface area contributed by atoms with Crippen LogP contribution in [0.2, 0.25) is 0 Å². The number of thioether (sulfide) groups is 1. The summed E-state index contributed by atoms with van der Waals surface area (Å²) in [5, 5.41) is 5.91. The highest BCUT2D eigenvalue weighted by Crippen LogP contribution is 2.47. The number of nitrogens with one attached hydrogen (secondary N) is 2. The standard InChI is InChI=1S/C43H58N4O7S2/c1-7-9-21-43(8-2)29-47(33-16-11-10-12-17-33)35-24-37(55-6)36(25-38(35)56(51,52)30-43)53-28-39(48)44-27-32-15-13-14-18-34(32)40(49)45-26-31-19-22-46(23-20-31)41(50)54-42(3,4)5/h10-18,24-25,31H,7-9,19-23,26-30H2,1-6H3,(H,44,48)(H,45,49). The molecule has 1 fully saturated rings. The van der Waals surface area contributed by atoms with Gasteiger partial charge in [-0.1, -0.05) is 63.1 Å². The highest BCUT2D eigenvalue weighted by Gasteiger charge is 2.42. The highest BCUT2D eigenvalue weighted by molar-refractivity contribution is 7.98. The summed E-state index contributed by atoms with van der Waals surface area (Å²) in [7, 11) is -3.73. The third kappa shape index (κ3) is 11.0. The average molecular weight is 807 g/mol. The first-order chi connectivity index (χ1) is 26.7. The van der Waals surface area contributed by atoms with Crippen LogP contribution in [0.4, 0.5) is 16.2 Å². The van der Waals surface area contributed by atoms with Gasteiger partial charge in [0, 0.05) is 55.5 Å². The lowest BCUT2D eigenvalue weighted by molar-refractivity contribution is -0.123. The van der Waals surface area contributed by atoms with E-state index in [1.54, 1.807) is 29.2 Å². The van der Waals surface area contributed by atoms with Gasteiger partial charge in [-0.25, -0.2) is 13.2 Å². The number of hydrogen-bond acceptors (Lipinski definition) is 9. The molecule has 1 unspecified atom stereocenters. The summed E-state index contributed by atoms with van der Waals surface area (Å²) < 4.78 is 40.0. The molecule has 1 atom stereocenters. The van der Waals surface area contributed by atoms with E-state index in [4.69, 9.17) is 9.47 Å². The molecule has 0 spiro atoms. The molecule has 0 aromatic heterocycles. The summed E-state index contributed by atoms with van der Waals surface area (Å²) in [4.78, 5) is 43.7. The van der Waals surface area contributed by atoms with Crippen LogP contribution in [0.15, 0.2) is 76.5 Å². The van der Waals surface area contributed by atoms with Crippen molar-refractivity contribution in [1.82, 2.24) is 15.5 Å². The van der Waals surface area contributed by atoms with E-state index in [1.165, 1.54) is 11.8 Å². The largest absolute Gasteiger partial charge is 0.483 e. The Kier molecular flexibility index (Phi) is 14.4. The molecule has 2 N–H and O–H groups in total. The number of likely N-dealkylation sites (tertiary alicyclic amines) is 1. The Balaban J connectivity index is 1.23. The van der Waals surface area contributed by atoms with Gasteiger partial charge in [-0.2, -0.15) is 0 Å². The quantitative estimate of drug-likeness (QED) is 0.156. The molecular formula is C43H58N4O7S2. The molecule has 0 radical (unpaired) electrons. The summed E-state index contributed by atoms with van der Waals surface area (Å²) >= 11 is 1.43. The third-order valence-corrected chi connectivity index (χ3v) is 13.4. The molecule has 0 bridgehead atoms. The van der Waals surface area contributed by atoms with E-state index in [2.05, 4.69) is 29.4 Å². The van der Waals surface area contributed by atoms with Crippen LogP contribution in [-0.4, -0.2) is 81.6 Å². The maximum atomic E-state index is 14.2. The number of piperidine rings is 1. The molecule has 2 aliphatic rings. The molecule has 56 heavy (non-hydrogen) atoms. The second kappa shape index (κ2) is 18.8. The maximum absolute atomic E-state index is 14.2. The van der Waals surface area contributed by atoms with Crippen LogP contribution in [0, 0.1) is 11.3 Å². The van der Waals surface area contributed by atoms with Gasteiger partial charge in [0.1, 0.15) is 11.4 Å². The fourth-order valence-corrected chi connectivity index (χ4v) is 10.1. The molecule has 304 valence electrons. The Bertz CT molecular complexity index is 1940. The van der Waals surface area contributed by atoms with Gasteiger partial charge in [0.25, 0.3) is 11.8 Å². The van der Waals surface area contributed by atoms with Gasteiger partial charge in [0.15, 0.2) is 16.4 Å². The molecule has 1 saturated heterocycles. The van der Waals surface area contributed by atoms with Gasteiger partial charge < -0.3 is 29.9 Å². The number of ether oxygens (including phenoxy) is 2. The predicted molar refractivity (Wildman–Crippen MR) is 223 cm³/mol. The Hall–Kier alpha value is -4.23. The number of hydrogen-bond donors (Lipinski definition) is 2. The van der Waals surface area contributed by atoms with Gasteiger partial charge >= 0.3 is 6.09 Å². The van der Waals surface area contributed by atoms with E-state index in [0.29, 0.717) is 48.7 Å². The minimum absolute atomic E-state index is 0.0335. The van der Waals surface area contributed by atoms with E-state index in [0.717, 1.165) is 49.1 Å². The zero-order valence-electron chi connectivity index (χ0n) is 33.7. The number of benzene rings is 3. The van der Waals surface area contributed by atoms with Crippen molar-refractivity contribution < 1.29 is 32.3 Å². The third-order valence-electron chi connectivity index (χ3n) is 10.7. The number of carbonyl (C=O) groups is 3. The van der Waals surface area contributed by atoms with Crippen molar-refractivity contribution in [2.45, 2.75) is 95.1 Å². The number of nitrogens with zero attached hydrogens (tertiary/aromatic N) is 2. The maximum Gasteiger partial charge on any atom is 0.410 e. The lowest BCUT2D eigenvalue weighted by Gasteiger charge is -2.36. The van der Waals surface area contributed by atoms with E-state index < -0.39 is 26.8 Å². The molecule has 11 nitrogen and oxygen atoms in total. The number of rotatable bonds is 14. The van der Waals surface area contributed by atoms with Crippen LogP contribution >= 0.6 is 11.8 Å². The minimum Gasteiger partial charge on any atom is -0.483 e. The number of unbranched alkanes of at least 4 members (excludes halogenated alkanes) is 1. The Morgan fingerprint density at radius 3 is 2.32 bits per heavy atom. The molecular weight excluding hydrogens is 749 g/mol. The number of amides is 3. The smallest absolute Gasteiger partial charge is 0.410 e. The number of anilines is 2. The summed E-state index contributed by atoms with van der Waals surface area (Å²) in [6.07, 6.45) is 6.56. The summed E-state index contributed by atoms with van der Waals surface area (Å²) in [6, 6.07) is 20.5. The van der Waals surface area contributed by atoms with Crippen molar-refractivity contribution in [2.24, 2.45) is 11.3 Å². The first-order valence-electron chi connectivity index (χ1n) is 19.7. The van der Waals surface area contributed by atoms with Crippen LogP contribution in [0.25, 0.3) is 0 Å². The van der Waals surface area contributed by atoms with Gasteiger partial charge in [-0.3, -0.25) is 9.59 Å². The second-order valence-corrected chi connectivity index (χ2v) is 18.8. The van der Waals surface area contributed by atoms with Crippen LogP contribution in [-0.2, 0) is 25.9 Å². The number of para-hydroxylation sites is 1. The minimum atomic E-state index is -3.73. The summed E-state index contributed by atoms with van der Waals surface area (Å²) in [6.45, 7) is 11.7. The molecule has 3 aromatic rings. The van der Waals surface area contributed by atoms with Crippen LogP contribution < -0.4 is 20.3 Å². The Labute approximate surface area is 337 Å². The molecule has 3 amide bonds. The monoisotopic (exact) mass is 806 g/mol. The van der Waals surface area contributed by atoms with Crippen molar-refractivity contribution in [1.29, 1.82) is 0 Å². The average Bonchev–Trinajstić information content (AvgIpc) is 3.28. The Morgan fingerprint density at radius 2 is 1.66 bits per heavy atom. The topological polar surface area (TPSA) is 134 Å². The van der Waals surface area contributed by atoms with E-state index >= 15 is 0 Å². The first-order valence-corrected chi connectivity index (χ1v) is 22.6. The van der Waals surface area contributed by atoms with E-state index in [9.17, 15) is 22.8 Å². The fraction of sp³-hybridized carbons (Fsp3) is 0.512. The van der Waals surface area contributed by atoms with Gasteiger partial charge in [0.05, 0.1) is 21.2 Å². The van der Waals surface area contributed by atoms with E-state index in [1.807, 2.05) is 69.5 Å². The molecule has 2 aliphatic heterocycles. The lowest BCUT2D eigenvalue weighted by atomic mass is 9.81. The predicted octanol–water partition coefficient (Wildman–Crippen LogP) is 7.99. The van der Waals surface area contributed by atoms with Gasteiger partial charge in [0.2, 0.25) is 0 Å². The normalized spacial score (nSPS) is 18.4. The summed E-state index contributed by atoms with van der Waals surface area (Å²) in [5.74, 6) is -0.0455. The second-order valence-electron chi connectivity index (χ2n) is 16.0. The van der Waals surface area contributed by atoms with E-state index in [-0.39, 0.29) is 41.7 Å². The summed E-state index contributed by atoms with van der Waals surface area (Å²) in [5.41, 5.74) is 1.68. The van der Waals surface area contributed by atoms with Crippen LogP contribution in [0.3, 0.4) is 0 Å². The van der Waals surface area contributed by atoms with Crippen LogP contribution in [0.5, 0.6) is 5.75 Å². The van der Waals surface area contributed by atoms with Crippen molar-refractivity contribution in [3.63, 3.8) is 0 Å². The molecule has 0 aliphatic carbocycles. The number of carbonyl (C=O) groups excluding carboxylic acids is 3. The van der Waals surface area contributed by atoms with Crippen molar-refractivity contribution in [3.05, 3.63) is 77.9 Å². The van der Waals surface area contributed by atoms with Crippen LogP contribution in [0.1, 0.15) is 89.1 Å². The van der Waals surface area contributed by atoms with Gasteiger partial charge in [-0.05, 0) is 88.5 Å². The lowest BCUT2D eigenvalue weighted by Crippen LogP contribution is -2.43. The van der Waals surface area contributed by atoms with Crippen molar-refractivity contribution >= 4 is 50.9 Å². The fourth-order valence-electron chi connectivity index (χ4n) is 7.40. The highest BCUT2D eigenvalue weighted by atomic mass is 32.2.